The van der Waals surface area contributed by atoms with E-state index >= 15 is 0 Å². The maximum Gasteiger partial charge on any atom is 0.573 e. The van der Waals surface area contributed by atoms with E-state index in [0.29, 0.717) is 24.2 Å². The summed E-state index contributed by atoms with van der Waals surface area (Å²) in [5.41, 5.74) is 1.01. The molecule has 1 heterocycles. The van der Waals surface area contributed by atoms with Gasteiger partial charge in [0, 0.05) is 31.7 Å². The number of halogens is 4. The second-order valence-electron chi connectivity index (χ2n) is 5.98. The molecule has 1 aliphatic rings. The minimum atomic E-state index is -4.76. The summed E-state index contributed by atoms with van der Waals surface area (Å²) >= 11 is 0. The third-order valence-electron chi connectivity index (χ3n) is 4.26. The van der Waals surface area contributed by atoms with Gasteiger partial charge in [-0.15, -0.1) is 13.2 Å². The van der Waals surface area contributed by atoms with Gasteiger partial charge < -0.3 is 15.2 Å². The largest absolute Gasteiger partial charge is 0.573 e. The Morgan fingerprint density at radius 1 is 1.04 bits per heavy atom. The zero-order chi connectivity index (χ0) is 18.7. The zero-order valence-electron chi connectivity index (χ0n) is 13.8. The minimum Gasteiger partial charge on any atom is -0.505 e. The van der Waals surface area contributed by atoms with Crippen molar-refractivity contribution in [1.82, 2.24) is 10.2 Å². The third-order valence-corrected chi connectivity index (χ3v) is 4.26. The SMILES string of the molecule is Oc1c(F)cccc1[C@H](c1ccc(OC(F)(F)F)cc1)N1CCNCC1. The van der Waals surface area contributed by atoms with E-state index in [1.54, 1.807) is 6.07 Å². The van der Waals surface area contributed by atoms with Crippen LogP contribution in [0.1, 0.15) is 17.2 Å². The number of ether oxygens (including phenoxy) is 1. The molecule has 2 aromatic rings. The van der Waals surface area contributed by atoms with Crippen LogP contribution in [0.3, 0.4) is 0 Å². The van der Waals surface area contributed by atoms with E-state index in [0.717, 1.165) is 19.2 Å². The fraction of sp³-hybridized carbons (Fsp3) is 0.333. The Bertz CT molecular complexity index is 744. The lowest BCUT2D eigenvalue weighted by Gasteiger charge is -2.35. The van der Waals surface area contributed by atoms with Gasteiger partial charge in [0.05, 0.1) is 6.04 Å². The lowest BCUT2D eigenvalue weighted by Crippen LogP contribution is -2.45. The van der Waals surface area contributed by atoms with Crippen LogP contribution in [0, 0.1) is 5.82 Å². The van der Waals surface area contributed by atoms with Gasteiger partial charge in [-0.25, -0.2) is 4.39 Å². The van der Waals surface area contributed by atoms with Gasteiger partial charge in [0.25, 0.3) is 0 Å². The van der Waals surface area contributed by atoms with Gasteiger partial charge in [0.1, 0.15) is 5.75 Å². The summed E-state index contributed by atoms with van der Waals surface area (Å²) in [5, 5.41) is 13.4. The highest BCUT2D eigenvalue weighted by atomic mass is 19.4. The van der Waals surface area contributed by atoms with Crippen LogP contribution in [0.4, 0.5) is 17.6 Å². The van der Waals surface area contributed by atoms with Crippen molar-refractivity contribution in [3.63, 3.8) is 0 Å². The molecule has 0 aromatic heterocycles. The summed E-state index contributed by atoms with van der Waals surface area (Å²) in [6, 6.07) is 9.23. The van der Waals surface area contributed by atoms with Crippen molar-refractivity contribution < 1.29 is 27.4 Å². The summed E-state index contributed by atoms with van der Waals surface area (Å²) < 4.78 is 54.8. The van der Waals surface area contributed by atoms with E-state index in [-0.39, 0.29) is 5.75 Å². The van der Waals surface area contributed by atoms with E-state index in [9.17, 15) is 22.7 Å². The van der Waals surface area contributed by atoms with Crippen LogP contribution in [-0.4, -0.2) is 42.5 Å². The Morgan fingerprint density at radius 2 is 1.69 bits per heavy atom. The molecular formula is C18H18F4N2O2. The third kappa shape index (κ3) is 4.25. The molecule has 26 heavy (non-hydrogen) atoms. The number of hydrogen-bond donors (Lipinski definition) is 2. The molecule has 0 unspecified atom stereocenters. The molecule has 0 saturated carbocycles. The number of piperazine rings is 1. The molecule has 0 spiro atoms. The molecule has 1 saturated heterocycles. The Kier molecular flexibility index (Phi) is 5.33. The van der Waals surface area contributed by atoms with Crippen molar-refractivity contribution in [2.75, 3.05) is 26.2 Å². The smallest absolute Gasteiger partial charge is 0.505 e. The second kappa shape index (κ2) is 7.51. The lowest BCUT2D eigenvalue weighted by atomic mass is 9.95. The van der Waals surface area contributed by atoms with E-state index in [4.69, 9.17) is 0 Å². The van der Waals surface area contributed by atoms with Crippen molar-refractivity contribution in [2.24, 2.45) is 0 Å². The minimum absolute atomic E-state index is 0.330. The highest BCUT2D eigenvalue weighted by Crippen LogP contribution is 2.36. The van der Waals surface area contributed by atoms with E-state index in [2.05, 4.69) is 10.1 Å². The molecule has 4 nitrogen and oxygen atoms in total. The molecule has 140 valence electrons. The van der Waals surface area contributed by atoms with Crippen LogP contribution < -0.4 is 10.1 Å². The number of alkyl halides is 3. The fourth-order valence-corrected chi connectivity index (χ4v) is 3.13. The topological polar surface area (TPSA) is 44.7 Å². The summed E-state index contributed by atoms with van der Waals surface area (Å²) in [4.78, 5) is 2.05. The van der Waals surface area contributed by atoms with Gasteiger partial charge in [-0.3, -0.25) is 4.90 Å². The number of rotatable bonds is 4. The molecular weight excluding hydrogens is 352 g/mol. The standard InChI is InChI=1S/C18H18F4N2O2/c19-15-3-1-2-14(17(15)25)16(24-10-8-23-9-11-24)12-4-6-13(7-5-12)26-18(20,21)22/h1-7,16,23,25H,8-11H2/t16-/m0/s1. The summed E-state index contributed by atoms with van der Waals surface area (Å²) in [7, 11) is 0. The number of benzene rings is 2. The average Bonchev–Trinajstić information content (AvgIpc) is 2.60. The van der Waals surface area contributed by atoms with Gasteiger partial charge >= 0.3 is 6.36 Å². The first-order chi connectivity index (χ1) is 12.3. The first-order valence-electron chi connectivity index (χ1n) is 8.13. The maximum absolute atomic E-state index is 13.8. The summed E-state index contributed by atoms with van der Waals surface area (Å²) in [6.07, 6.45) is -4.76. The Morgan fingerprint density at radius 3 is 2.31 bits per heavy atom. The highest BCUT2D eigenvalue weighted by molar-refractivity contribution is 5.43. The number of phenolic OH excluding ortho intramolecular Hbond substituents is 1. The molecule has 0 radical (unpaired) electrons. The van der Waals surface area contributed by atoms with Gasteiger partial charge in [-0.05, 0) is 23.8 Å². The molecule has 2 aromatic carbocycles. The number of nitrogens with zero attached hydrogens (tertiary/aromatic N) is 1. The molecule has 8 heteroatoms. The van der Waals surface area contributed by atoms with Crippen LogP contribution in [-0.2, 0) is 0 Å². The van der Waals surface area contributed by atoms with E-state index in [1.807, 2.05) is 4.90 Å². The number of para-hydroxylation sites is 1. The van der Waals surface area contributed by atoms with Gasteiger partial charge in [-0.1, -0.05) is 24.3 Å². The highest BCUT2D eigenvalue weighted by Gasteiger charge is 2.31. The Balaban J connectivity index is 1.96. The van der Waals surface area contributed by atoms with Crippen molar-refractivity contribution in [3.8, 4) is 11.5 Å². The number of phenols is 1. The predicted molar refractivity (Wildman–Crippen MR) is 87.5 cm³/mol. The molecule has 0 bridgehead atoms. The average molecular weight is 370 g/mol. The molecule has 1 atom stereocenters. The van der Waals surface area contributed by atoms with Crippen molar-refractivity contribution in [1.29, 1.82) is 0 Å². The molecule has 0 amide bonds. The Hall–Kier alpha value is -2.32. The molecule has 0 aliphatic carbocycles. The van der Waals surface area contributed by atoms with Crippen molar-refractivity contribution in [3.05, 3.63) is 59.4 Å². The molecule has 1 fully saturated rings. The fourth-order valence-electron chi connectivity index (χ4n) is 3.13. The van der Waals surface area contributed by atoms with Crippen LogP contribution in [0.25, 0.3) is 0 Å². The molecule has 3 rings (SSSR count). The van der Waals surface area contributed by atoms with Crippen LogP contribution in [0.15, 0.2) is 42.5 Å². The van der Waals surface area contributed by atoms with E-state index < -0.39 is 24.0 Å². The van der Waals surface area contributed by atoms with Crippen molar-refractivity contribution in [2.45, 2.75) is 12.4 Å². The van der Waals surface area contributed by atoms with Crippen LogP contribution >= 0.6 is 0 Å². The number of hydrogen-bond acceptors (Lipinski definition) is 4. The van der Waals surface area contributed by atoms with Gasteiger partial charge in [-0.2, -0.15) is 0 Å². The summed E-state index contributed by atoms with van der Waals surface area (Å²) in [6.45, 7) is 2.76. The normalized spacial score (nSPS) is 17.1. The van der Waals surface area contributed by atoms with Crippen molar-refractivity contribution >= 4 is 0 Å². The van der Waals surface area contributed by atoms with Gasteiger partial charge in [0.2, 0.25) is 0 Å². The maximum atomic E-state index is 13.8. The predicted octanol–water partition coefficient (Wildman–Crippen LogP) is 3.42. The molecule has 2 N–H and O–H groups in total. The number of nitrogens with one attached hydrogen (secondary N) is 1. The lowest BCUT2D eigenvalue weighted by molar-refractivity contribution is -0.274. The zero-order valence-corrected chi connectivity index (χ0v) is 13.8. The monoisotopic (exact) mass is 370 g/mol. The summed E-state index contributed by atoms with van der Waals surface area (Å²) in [5.74, 6) is -1.52. The van der Waals surface area contributed by atoms with Crippen LogP contribution in [0.2, 0.25) is 0 Å². The number of aromatic hydroxyl groups is 1. The van der Waals surface area contributed by atoms with E-state index in [1.165, 1.54) is 30.3 Å². The first-order valence-corrected chi connectivity index (χ1v) is 8.13. The first kappa shape index (κ1) is 18.5. The second-order valence-corrected chi connectivity index (χ2v) is 5.98. The van der Waals surface area contributed by atoms with Crippen LogP contribution in [0.5, 0.6) is 11.5 Å². The Labute approximate surface area is 148 Å². The van der Waals surface area contributed by atoms with Gasteiger partial charge in [0.15, 0.2) is 11.6 Å². The quantitative estimate of drug-likeness (QED) is 0.810. The molecule has 1 aliphatic heterocycles.